The van der Waals surface area contributed by atoms with Gasteiger partial charge in [-0.3, -0.25) is 4.79 Å². The SMILES string of the molecule is COc1cc(NC(=O)[C@H](C)NS(=O)(=O)c2ccccc2)c(OC)cc1Cl. The average molecular weight is 399 g/mol. The normalized spacial score (nSPS) is 12.3. The number of benzene rings is 2. The van der Waals surface area contributed by atoms with Crippen LogP contribution in [0.1, 0.15) is 6.92 Å². The molecular formula is C17H19ClN2O5S. The van der Waals surface area contributed by atoms with Crippen molar-refractivity contribution in [2.24, 2.45) is 0 Å². The fourth-order valence-electron chi connectivity index (χ4n) is 2.15. The summed E-state index contributed by atoms with van der Waals surface area (Å²) in [7, 11) is -0.954. The number of hydrogen-bond acceptors (Lipinski definition) is 5. The third-order valence-electron chi connectivity index (χ3n) is 3.51. The lowest BCUT2D eigenvalue weighted by molar-refractivity contribution is -0.117. The Balaban J connectivity index is 2.17. The largest absolute Gasteiger partial charge is 0.495 e. The van der Waals surface area contributed by atoms with Crippen LogP contribution in [0.4, 0.5) is 5.69 Å². The molecule has 0 saturated carbocycles. The summed E-state index contributed by atoms with van der Waals surface area (Å²) in [6.07, 6.45) is 0. The number of halogens is 1. The van der Waals surface area contributed by atoms with E-state index in [1.165, 1.54) is 45.4 Å². The van der Waals surface area contributed by atoms with Crippen LogP contribution in [-0.4, -0.2) is 34.6 Å². The van der Waals surface area contributed by atoms with Crippen molar-refractivity contribution in [1.82, 2.24) is 4.72 Å². The molecule has 0 heterocycles. The van der Waals surface area contributed by atoms with Crippen molar-refractivity contribution in [2.75, 3.05) is 19.5 Å². The molecule has 2 rings (SSSR count). The average Bonchev–Trinajstić information content (AvgIpc) is 2.63. The lowest BCUT2D eigenvalue weighted by Crippen LogP contribution is -2.41. The minimum Gasteiger partial charge on any atom is -0.495 e. The van der Waals surface area contributed by atoms with Gasteiger partial charge in [0.1, 0.15) is 11.5 Å². The quantitative estimate of drug-likeness (QED) is 0.747. The molecule has 26 heavy (non-hydrogen) atoms. The molecule has 0 spiro atoms. The summed E-state index contributed by atoms with van der Waals surface area (Å²) in [6, 6.07) is 9.77. The Labute approximate surface area is 157 Å². The van der Waals surface area contributed by atoms with Gasteiger partial charge in [0.15, 0.2) is 0 Å². The molecule has 140 valence electrons. The van der Waals surface area contributed by atoms with Crippen LogP contribution >= 0.6 is 11.6 Å². The summed E-state index contributed by atoms with van der Waals surface area (Å²) >= 11 is 6.02. The Morgan fingerprint density at radius 1 is 1.08 bits per heavy atom. The molecule has 0 unspecified atom stereocenters. The maximum Gasteiger partial charge on any atom is 0.242 e. The number of methoxy groups -OCH3 is 2. The Hall–Kier alpha value is -2.29. The molecule has 0 saturated heterocycles. The van der Waals surface area contributed by atoms with Crippen LogP contribution in [-0.2, 0) is 14.8 Å². The van der Waals surface area contributed by atoms with Gasteiger partial charge in [0.2, 0.25) is 15.9 Å². The van der Waals surface area contributed by atoms with Crippen molar-refractivity contribution in [3.63, 3.8) is 0 Å². The summed E-state index contributed by atoms with van der Waals surface area (Å²) < 4.78 is 37.3. The van der Waals surface area contributed by atoms with Gasteiger partial charge in [0.05, 0.1) is 35.9 Å². The zero-order valence-electron chi connectivity index (χ0n) is 14.4. The topological polar surface area (TPSA) is 93.7 Å². The van der Waals surface area contributed by atoms with E-state index in [0.717, 1.165) is 0 Å². The third-order valence-corrected chi connectivity index (χ3v) is 5.36. The van der Waals surface area contributed by atoms with E-state index >= 15 is 0 Å². The van der Waals surface area contributed by atoms with Gasteiger partial charge in [0.25, 0.3) is 0 Å². The second kappa shape index (κ2) is 8.39. The standard InChI is InChI=1S/C17H19ClN2O5S/c1-11(20-26(22,23)12-7-5-4-6-8-12)17(21)19-14-10-15(24-2)13(18)9-16(14)25-3/h4-11,20H,1-3H3,(H,19,21)/t11-/m0/s1. The maximum atomic E-state index is 12.4. The van der Waals surface area contributed by atoms with Crippen molar-refractivity contribution in [3.8, 4) is 11.5 Å². The summed E-state index contributed by atoms with van der Waals surface area (Å²) in [6.45, 7) is 1.44. The molecule has 9 heteroatoms. The molecule has 0 aliphatic heterocycles. The molecule has 7 nitrogen and oxygen atoms in total. The molecular weight excluding hydrogens is 380 g/mol. The third kappa shape index (κ3) is 4.66. The first-order valence-electron chi connectivity index (χ1n) is 7.58. The van der Waals surface area contributed by atoms with Crippen molar-refractivity contribution in [3.05, 3.63) is 47.5 Å². The van der Waals surface area contributed by atoms with Crippen LogP contribution in [0.15, 0.2) is 47.4 Å². The smallest absolute Gasteiger partial charge is 0.242 e. The van der Waals surface area contributed by atoms with Gasteiger partial charge in [-0.25, -0.2) is 8.42 Å². The molecule has 0 aromatic heterocycles. The molecule has 2 aromatic carbocycles. The van der Waals surface area contributed by atoms with Gasteiger partial charge >= 0.3 is 0 Å². The summed E-state index contributed by atoms with van der Waals surface area (Å²) in [5, 5.41) is 2.93. The maximum absolute atomic E-state index is 12.4. The number of carbonyl (C=O) groups excluding carboxylic acids is 1. The molecule has 0 fully saturated rings. The van der Waals surface area contributed by atoms with E-state index in [1.807, 2.05) is 0 Å². The van der Waals surface area contributed by atoms with E-state index in [0.29, 0.717) is 22.2 Å². The fourth-order valence-corrected chi connectivity index (χ4v) is 3.61. The number of sulfonamides is 1. The van der Waals surface area contributed by atoms with Crippen LogP contribution in [0.2, 0.25) is 5.02 Å². The Morgan fingerprint density at radius 2 is 1.69 bits per heavy atom. The molecule has 0 aliphatic carbocycles. The first kappa shape index (κ1) is 20.0. The van der Waals surface area contributed by atoms with Crippen LogP contribution in [0.5, 0.6) is 11.5 Å². The van der Waals surface area contributed by atoms with E-state index in [4.69, 9.17) is 21.1 Å². The van der Waals surface area contributed by atoms with Gasteiger partial charge in [0, 0.05) is 12.1 Å². The van der Waals surface area contributed by atoms with Crippen LogP contribution < -0.4 is 19.5 Å². The summed E-state index contributed by atoms with van der Waals surface area (Å²) in [5.74, 6) is 0.106. The lowest BCUT2D eigenvalue weighted by Gasteiger charge is -2.17. The van der Waals surface area contributed by atoms with Gasteiger partial charge in [-0.15, -0.1) is 0 Å². The predicted molar refractivity (Wildman–Crippen MR) is 99.4 cm³/mol. The molecule has 0 bridgehead atoms. The molecule has 2 aromatic rings. The van der Waals surface area contributed by atoms with Crippen molar-refractivity contribution >= 4 is 33.2 Å². The van der Waals surface area contributed by atoms with Crippen LogP contribution in [0.25, 0.3) is 0 Å². The van der Waals surface area contributed by atoms with E-state index in [9.17, 15) is 13.2 Å². The zero-order valence-corrected chi connectivity index (χ0v) is 16.0. The van der Waals surface area contributed by atoms with Crippen LogP contribution in [0.3, 0.4) is 0 Å². The first-order valence-corrected chi connectivity index (χ1v) is 9.44. The second-order valence-corrected chi connectivity index (χ2v) is 7.45. The first-order chi connectivity index (χ1) is 12.3. The highest BCUT2D eigenvalue weighted by Gasteiger charge is 2.23. The summed E-state index contributed by atoms with van der Waals surface area (Å²) in [4.78, 5) is 12.5. The van der Waals surface area contributed by atoms with Gasteiger partial charge in [-0.05, 0) is 19.1 Å². The summed E-state index contributed by atoms with van der Waals surface area (Å²) in [5.41, 5.74) is 0.310. The van der Waals surface area contributed by atoms with E-state index in [1.54, 1.807) is 18.2 Å². The van der Waals surface area contributed by atoms with Crippen molar-refractivity contribution < 1.29 is 22.7 Å². The number of hydrogen-bond donors (Lipinski definition) is 2. The molecule has 0 aliphatic rings. The minimum atomic E-state index is -3.82. The van der Waals surface area contributed by atoms with Gasteiger partial charge in [-0.1, -0.05) is 29.8 Å². The predicted octanol–water partition coefficient (Wildman–Crippen LogP) is 2.66. The molecule has 1 atom stereocenters. The van der Waals surface area contributed by atoms with Crippen molar-refractivity contribution in [1.29, 1.82) is 0 Å². The molecule has 2 N–H and O–H groups in total. The Morgan fingerprint density at radius 3 is 2.27 bits per heavy atom. The van der Waals surface area contributed by atoms with Gasteiger partial charge in [-0.2, -0.15) is 4.72 Å². The van der Waals surface area contributed by atoms with Crippen molar-refractivity contribution in [2.45, 2.75) is 17.9 Å². The Bertz CT molecular complexity index is 888. The number of amides is 1. The monoisotopic (exact) mass is 398 g/mol. The van der Waals surface area contributed by atoms with E-state index in [2.05, 4.69) is 10.0 Å². The minimum absolute atomic E-state index is 0.0744. The zero-order chi connectivity index (χ0) is 19.3. The second-order valence-electron chi connectivity index (χ2n) is 5.33. The number of ether oxygens (including phenoxy) is 2. The van der Waals surface area contributed by atoms with E-state index < -0.39 is 22.0 Å². The lowest BCUT2D eigenvalue weighted by atomic mass is 10.2. The fraction of sp³-hybridized carbons (Fsp3) is 0.235. The van der Waals surface area contributed by atoms with Crippen LogP contribution in [0, 0.1) is 0 Å². The molecule has 0 radical (unpaired) electrons. The van der Waals surface area contributed by atoms with E-state index in [-0.39, 0.29) is 4.90 Å². The van der Waals surface area contributed by atoms with Gasteiger partial charge < -0.3 is 14.8 Å². The highest BCUT2D eigenvalue weighted by molar-refractivity contribution is 7.89. The number of carbonyl (C=O) groups is 1. The number of nitrogens with one attached hydrogen (secondary N) is 2. The molecule has 1 amide bonds. The number of rotatable bonds is 7. The number of anilines is 1. The Kier molecular flexibility index (Phi) is 6.47. The highest BCUT2D eigenvalue weighted by atomic mass is 35.5. The highest BCUT2D eigenvalue weighted by Crippen LogP contribution is 2.35.